The average molecular weight is 305 g/mol. The van der Waals surface area contributed by atoms with Crippen LogP contribution in [0.1, 0.15) is 30.1 Å². The van der Waals surface area contributed by atoms with Gasteiger partial charge in [-0.25, -0.2) is 4.39 Å². The second-order valence-corrected chi connectivity index (χ2v) is 5.78. The summed E-state index contributed by atoms with van der Waals surface area (Å²) in [5.41, 5.74) is 0.758. The molecule has 0 atom stereocenters. The van der Waals surface area contributed by atoms with Gasteiger partial charge in [-0.1, -0.05) is 17.3 Å². The number of nitrogens with one attached hydrogen (secondary N) is 1. The first kappa shape index (κ1) is 15.1. The van der Waals surface area contributed by atoms with E-state index in [0.29, 0.717) is 24.7 Å². The third-order valence-electron chi connectivity index (χ3n) is 4.18. The summed E-state index contributed by atoms with van der Waals surface area (Å²) in [6.07, 6.45) is 2.36. The monoisotopic (exact) mass is 305 g/mol. The van der Waals surface area contributed by atoms with Gasteiger partial charge in [0, 0.05) is 13.5 Å². The Morgan fingerprint density at radius 3 is 2.68 bits per heavy atom. The second-order valence-electron chi connectivity index (χ2n) is 5.78. The van der Waals surface area contributed by atoms with Gasteiger partial charge in [-0.05, 0) is 43.6 Å². The van der Waals surface area contributed by atoms with Gasteiger partial charge in [0.1, 0.15) is 5.82 Å². The van der Waals surface area contributed by atoms with Crippen molar-refractivity contribution in [2.75, 3.05) is 26.8 Å². The van der Waals surface area contributed by atoms with E-state index in [1.165, 1.54) is 12.1 Å². The maximum Gasteiger partial charge on any atom is 0.235 e. The van der Waals surface area contributed by atoms with E-state index in [4.69, 9.17) is 9.26 Å². The molecule has 1 aromatic carbocycles. The van der Waals surface area contributed by atoms with Gasteiger partial charge in [0.15, 0.2) is 5.82 Å². The number of benzene rings is 1. The van der Waals surface area contributed by atoms with Crippen molar-refractivity contribution < 1.29 is 13.7 Å². The highest BCUT2D eigenvalue weighted by Crippen LogP contribution is 2.32. The molecule has 22 heavy (non-hydrogen) atoms. The minimum atomic E-state index is -0.244. The number of hydrogen-bond donors (Lipinski definition) is 1. The molecule has 1 aromatic heterocycles. The Hall–Kier alpha value is -1.79. The molecule has 0 radical (unpaired) electrons. The maximum atomic E-state index is 12.9. The Labute approximate surface area is 128 Å². The standard InChI is InChI=1S/C16H20FN3O2/c1-21-11-16(6-8-18-9-7-16)15-19-14(20-22-15)10-12-2-4-13(17)5-3-12/h2-5,18H,6-11H2,1H3. The number of aromatic nitrogens is 2. The molecule has 0 amide bonds. The molecule has 3 rings (SSSR count). The highest BCUT2D eigenvalue weighted by Gasteiger charge is 2.39. The van der Waals surface area contributed by atoms with Crippen LogP contribution >= 0.6 is 0 Å². The predicted octanol–water partition coefficient (Wildman–Crippen LogP) is 2.07. The molecule has 118 valence electrons. The third kappa shape index (κ3) is 3.18. The van der Waals surface area contributed by atoms with Crippen LogP contribution in [0.5, 0.6) is 0 Å². The zero-order valence-electron chi connectivity index (χ0n) is 12.6. The molecule has 6 heteroatoms. The van der Waals surface area contributed by atoms with E-state index >= 15 is 0 Å². The molecule has 0 spiro atoms. The first-order chi connectivity index (χ1) is 10.7. The summed E-state index contributed by atoms with van der Waals surface area (Å²) in [7, 11) is 1.69. The van der Waals surface area contributed by atoms with Gasteiger partial charge >= 0.3 is 0 Å². The summed E-state index contributed by atoms with van der Waals surface area (Å²) in [4.78, 5) is 4.56. The maximum absolute atomic E-state index is 12.9. The van der Waals surface area contributed by atoms with Crippen molar-refractivity contribution >= 4 is 0 Å². The Morgan fingerprint density at radius 2 is 2.00 bits per heavy atom. The second kappa shape index (κ2) is 6.54. The highest BCUT2D eigenvalue weighted by atomic mass is 19.1. The van der Waals surface area contributed by atoms with Crippen molar-refractivity contribution in [1.82, 2.24) is 15.5 Å². The fraction of sp³-hybridized carbons (Fsp3) is 0.500. The molecule has 2 heterocycles. The van der Waals surface area contributed by atoms with Gasteiger partial charge in [0.2, 0.25) is 5.89 Å². The van der Waals surface area contributed by atoms with Gasteiger partial charge in [-0.2, -0.15) is 4.98 Å². The van der Waals surface area contributed by atoms with Crippen molar-refractivity contribution in [3.8, 4) is 0 Å². The van der Waals surface area contributed by atoms with Crippen LogP contribution in [0.15, 0.2) is 28.8 Å². The normalized spacial score (nSPS) is 17.5. The molecular weight excluding hydrogens is 285 g/mol. The van der Waals surface area contributed by atoms with Gasteiger partial charge in [0.25, 0.3) is 0 Å². The largest absolute Gasteiger partial charge is 0.384 e. The van der Waals surface area contributed by atoms with Crippen LogP contribution in [0.3, 0.4) is 0 Å². The molecule has 0 unspecified atom stereocenters. The SMILES string of the molecule is COCC1(c2nc(Cc3ccc(F)cc3)no2)CCNCC1. The lowest BCUT2D eigenvalue weighted by atomic mass is 9.79. The summed E-state index contributed by atoms with van der Waals surface area (Å²) >= 11 is 0. The van der Waals surface area contributed by atoms with Gasteiger partial charge in [0.05, 0.1) is 12.0 Å². The molecule has 1 aliphatic heterocycles. The Morgan fingerprint density at radius 1 is 1.27 bits per heavy atom. The van der Waals surface area contributed by atoms with Gasteiger partial charge in [-0.15, -0.1) is 0 Å². The first-order valence-electron chi connectivity index (χ1n) is 7.49. The van der Waals surface area contributed by atoms with E-state index < -0.39 is 0 Å². The Kier molecular flexibility index (Phi) is 4.49. The molecule has 0 saturated carbocycles. The number of nitrogens with zero attached hydrogens (tertiary/aromatic N) is 2. The Balaban J connectivity index is 1.78. The number of methoxy groups -OCH3 is 1. The summed E-state index contributed by atoms with van der Waals surface area (Å²) < 4.78 is 23.8. The zero-order valence-corrected chi connectivity index (χ0v) is 12.6. The fourth-order valence-electron chi connectivity index (χ4n) is 2.93. The smallest absolute Gasteiger partial charge is 0.235 e. The van der Waals surface area contributed by atoms with Crippen LogP contribution in [0, 0.1) is 5.82 Å². The van der Waals surface area contributed by atoms with Crippen molar-refractivity contribution in [2.24, 2.45) is 0 Å². The average Bonchev–Trinajstić information content (AvgIpc) is 3.00. The number of piperidine rings is 1. The van der Waals surface area contributed by atoms with Crippen molar-refractivity contribution in [3.05, 3.63) is 47.4 Å². The fourth-order valence-corrected chi connectivity index (χ4v) is 2.93. The lowest BCUT2D eigenvalue weighted by Gasteiger charge is -2.33. The minimum absolute atomic E-state index is 0.200. The van der Waals surface area contributed by atoms with Gasteiger partial charge < -0.3 is 14.6 Å². The van der Waals surface area contributed by atoms with E-state index in [0.717, 1.165) is 31.5 Å². The number of halogens is 1. The molecule has 0 bridgehead atoms. The van der Waals surface area contributed by atoms with Crippen LogP contribution in [-0.2, 0) is 16.6 Å². The molecule has 0 aliphatic carbocycles. The van der Waals surface area contributed by atoms with Crippen molar-refractivity contribution in [1.29, 1.82) is 0 Å². The predicted molar refractivity (Wildman–Crippen MR) is 79.2 cm³/mol. The third-order valence-corrected chi connectivity index (χ3v) is 4.18. The molecule has 2 aromatic rings. The van der Waals surface area contributed by atoms with E-state index in [2.05, 4.69) is 15.5 Å². The van der Waals surface area contributed by atoms with Crippen LogP contribution in [0.4, 0.5) is 4.39 Å². The topological polar surface area (TPSA) is 60.2 Å². The molecule has 1 N–H and O–H groups in total. The molecular formula is C16H20FN3O2. The van der Waals surface area contributed by atoms with Crippen LogP contribution in [-0.4, -0.2) is 36.9 Å². The van der Waals surface area contributed by atoms with E-state index in [1.54, 1.807) is 19.2 Å². The summed E-state index contributed by atoms with van der Waals surface area (Å²) in [5.74, 6) is 1.02. The molecule has 1 saturated heterocycles. The first-order valence-corrected chi connectivity index (χ1v) is 7.49. The van der Waals surface area contributed by atoms with E-state index in [9.17, 15) is 4.39 Å². The lowest BCUT2D eigenvalue weighted by molar-refractivity contribution is 0.0849. The number of ether oxygens (including phenoxy) is 1. The number of hydrogen-bond acceptors (Lipinski definition) is 5. The van der Waals surface area contributed by atoms with Crippen LogP contribution in [0.2, 0.25) is 0 Å². The zero-order chi connectivity index (χ0) is 15.4. The number of rotatable bonds is 5. The Bertz CT molecular complexity index is 601. The summed E-state index contributed by atoms with van der Waals surface area (Å²) in [6.45, 7) is 2.41. The molecule has 1 fully saturated rings. The van der Waals surface area contributed by atoms with Crippen molar-refractivity contribution in [2.45, 2.75) is 24.7 Å². The van der Waals surface area contributed by atoms with Gasteiger partial charge in [-0.3, -0.25) is 0 Å². The summed E-state index contributed by atoms with van der Waals surface area (Å²) in [5, 5.41) is 7.42. The molecule has 5 nitrogen and oxygen atoms in total. The van der Waals surface area contributed by atoms with E-state index in [1.807, 2.05) is 0 Å². The van der Waals surface area contributed by atoms with Crippen molar-refractivity contribution in [3.63, 3.8) is 0 Å². The minimum Gasteiger partial charge on any atom is -0.384 e. The van der Waals surface area contributed by atoms with E-state index in [-0.39, 0.29) is 11.2 Å². The quantitative estimate of drug-likeness (QED) is 0.916. The highest BCUT2D eigenvalue weighted by molar-refractivity contribution is 5.20. The molecule has 1 aliphatic rings. The summed E-state index contributed by atoms with van der Waals surface area (Å²) in [6, 6.07) is 6.35. The lowest BCUT2D eigenvalue weighted by Crippen LogP contribution is -2.43. The van der Waals surface area contributed by atoms with Crippen LogP contribution in [0.25, 0.3) is 0 Å². The van der Waals surface area contributed by atoms with Crippen LogP contribution < -0.4 is 5.32 Å².